The van der Waals surface area contributed by atoms with E-state index in [1.54, 1.807) is 0 Å². The molecule has 0 heterocycles. The fourth-order valence-electron chi connectivity index (χ4n) is 4.28. The van der Waals surface area contributed by atoms with E-state index in [9.17, 15) is 23.2 Å². The van der Waals surface area contributed by atoms with Crippen LogP contribution in [0.3, 0.4) is 0 Å². The number of hydrogen-bond acceptors (Lipinski definition) is 4. The third-order valence-electron chi connectivity index (χ3n) is 5.77. The van der Waals surface area contributed by atoms with Crippen LogP contribution in [0.5, 0.6) is 0 Å². The first-order valence-corrected chi connectivity index (χ1v) is 11.2. The number of rotatable bonds is 11. The number of halogens is 2. The monoisotopic (exact) mass is 474 g/mol. The van der Waals surface area contributed by atoms with Crippen molar-refractivity contribution in [2.24, 2.45) is 0 Å². The van der Waals surface area contributed by atoms with E-state index >= 15 is 0 Å². The molecule has 3 N–H and O–H groups in total. The van der Waals surface area contributed by atoms with E-state index in [4.69, 9.17) is 9.84 Å². The highest BCUT2D eigenvalue weighted by atomic mass is 19.3. The Balaban J connectivity index is 1.65. The number of ether oxygens (including phenoxy) is 1. The lowest BCUT2D eigenvalue weighted by Gasteiger charge is -2.22. The summed E-state index contributed by atoms with van der Waals surface area (Å²) in [6.45, 7) is 1.78. The molecule has 2 amide bonds. The lowest BCUT2D eigenvalue weighted by atomic mass is 9.98. The zero-order chi connectivity index (χ0) is 24.7. The van der Waals surface area contributed by atoms with Crippen molar-refractivity contribution in [3.05, 3.63) is 59.7 Å². The van der Waals surface area contributed by atoms with E-state index in [0.717, 1.165) is 22.3 Å². The molecule has 34 heavy (non-hydrogen) atoms. The van der Waals surface area contributed by atoms with Gasteiger partial charge in [-0.3, -0.25) is 9.59 Å². The second-order valence-corrected chi connectivity index (χ2v) is 8.24. The average molecular weight is 475 g/mol. The maximum atomic E-state index is 13.1. The quantitative estimate of drug-likeness (QED) is 0.450. The van der Waals surface area contributed by atoms with E-state index in [1.165, 1.54) is 0 Å². The van der Waals surface area contributed by atoms with E-state index in [1.807, 2.05) is 55.5 Å². The zero-order valence-corrected chi connectivity index (χ0v) is 18.8. The molecule has 1 aliphatic rings. The highest BCUT2D eigenvalue weighted by molar-refractivity contribution is 5.86. The first-order valence-electron chi connectivity index (χ1n) is 11.2. The van der Waals surface area contributed by atoms with E-state index < -0.39 is 42.9 Å². The van der Waals surface area contributed by atoms with Crippen molar-refractivity contribution in [2.75, 3.05) is 6.61 Å². The van der Waals surface area contributed by atoms with Crippen molar-refractivity contribution in [2.45, 2.75) is 57.0 Å². The van der Waals surface area contributed by atoms with Gasteiger partial charge in [0.2, 0.25) is 12.3 Å². The molecule has 0 radical (unpaired) electrons. The topological polar surface area (TPSA) is 105 Å². The van der Waals surface area contributed by atoms with Crippen LogP contribution in [0.15, 0.2) is 48.5 Å². The van der Waals surface area contributed by atoms with Gasteiger partial charge in [-0.1, -0.05) is 61.9 Å². The van der Waals surface area contributed by atoms with Crippen LogP contribution in [-0.4, -0.2) is 48.2 Å². The number of alkyl halides is 2. The van der Waals surface area contributed by atoms with Gasteiger partial charge < -0.3 is 20.5 Å². The molecule has 1 unspecified atom stereocenters. The molecule has 182 valence electrons. The zero-order valence-electron chi connectivity index (χ0n) is 18.8. The summed E-state index contributed by atoms with van der Waals surface area (Å²) in [6.07, 6.45) is -4.14. The molecule has 1 aliphatic carbocycles. The van der Waals surface area contributed by atoms with Crippen LogP contribution in [0.25, 0.3) is 11.1 Å². The van der Waals surface area contributed by atoms with Crippen molar-refractivity contribution in [3.8, 4) is 11.1 Å². The standard InChI is InChI=1S/C25H28F2N2O5/c1-2-7-15(12-23(30)31)28-24(32)21(13-22(26)27)29-25(33)34-14-20-18-10-5-3-8-16(18)17-9-4-6-11-19(17)20/h3-6,8-11,15,20-22H,2,7,12-14H2,1H3,(H,28,32)(H,29,33)(H,30,31)/t15-,21?/m1/s1. The molecule has 0 aromatic heterocycles. The summed E-state index contributed by atoms with van der Waals surface area (Å²) in [5.74, 6) is -2.20. The Bertz CT molecular complexity index is 984. The van der Waals surface area contributed by atoms with Crippen molar-refractivity contribution in [3.63, 3.8) is 0 Å². The van der Waals surface area contributed by atoms with E-state index in [2.05, 4.69) is 10.6 Å². The fourth-order valence-corrected chi connectivity index (χ4v) is 4.28. The molecule has 2 aromatic rings. The third kappa shape index (κ3) is 6.30. The predicted octanol–water partition coefficient (Wildman–Crippen LogP) is 4.31. The predicted molar refractivity (Wildman–Crippen MR) is 122 cm³/mol. The molecule has 0 bridgehead atoms. The lowest BCUT2D eigenvalue weighted by molar-refractivity contribution is -0.137. The summed E-state index contributed by atoms with van der Waals surface area (Å²) >= 11 is 0. The van der Waals surface area contributed by atoms with Gasteiger partial charge in [0.1, 0.15) is 12.6 Å². The first-order chi connectivity index (χ1) is 16.3. The second-order valence-electron chi connectivity index (χ2n) is 8.24. The number of carbonyl (C=O) groups is 3. The number of carboxylic acid groups (broad SMARTS) is 1. The van der Waals surface area contributed by atoms with E-state index in [0.29, 0.717) is 12.8 Å². The minimum atomic E-state index is -2.85. The van der Waals surface area contributed by atoms with Crippen molar-refractivity contribution in [1.82, 2.24) is 10.6 Å². The molecule has 2 atom stereocenters. The minimum Gasteiger partial charge on any atom is -0.481 e. The van der Waals surface area contributed by atoms with Gasteiger partial charge in [0.25, 0.3) is 0 Å². The van der Waals surface area contributed by atoms with Crippen LogP contribution >= 0.6 is 0 Å². The Morgan fingerprint density at radius 3 is 2.12 bits per heavy atom. The van der Waals surface area contributed by atoms with Crippen LogP contribution in [0.1, 0.15) is 49.7 Å². The Hall–Kier alpha value is -3.49. The maximum Gasteiger partial charge on any atom is 0.407 e. The van der Waals surface area contributed by atoms with Gasteiger partial charge in [0.05, 0.1) is 6.42 Å². The number of carbonyl (C=O) groups excluding carboxylic acids is 2. The van der Waals surface area contributed by atoms with Crippen molar-refractivity contribution < 1.29 is 33.0 Å². The van der Waals surface area contributed by atoms with Crippen LogP contribution < -0.4 is 10.6 Å². The second kappa shape index (κ2) is 11.6. The Morgan fingerprint density at radius 1 is 1.00 bits per heavy atom. The lowest BCUT2D eigenvalue weighted by Crippen LogP contribution is -2.51. The smallest absolute Gasteiger partial charge is 0.407 e. The van der Waals surface area contributed by atoms with Crippen LogP contribution in [0.2, 0.25) is 0 Å². The average Bonchev–Trinajstić information content (AvgIpc) is 3.10. The van der Waals surface area contributed by atoms with Gasteiger partial charge in [-0.25, -0.2) is 13.6 Å². The first kappa shape index (κ1) is 25.1. The Labute approximate surface area is 196 Å². The van der Waals surface area contributed by atoms with Gasteiger partial charge in [-0.2, -0.15) is 0 Å². The summed E-state index contributed by atoms with van der Waals surface area (Å²) in [5.41, 5.74) is 4.08. The van der Waals surface area contributed by atoms with Gasteiger partial charge >= 0.3 is 12.1 Å². The molecule has 0 saturated carbocycles. The normalized spacial score (nSPS) is 14.1. The number of nitrogens with one attached hydrogen (secondary N) is 2. The summed E-state index contributed by atoms with van der Waals surface area (Å²) < 4.78 is 31.5. The number of aliphatic carboxylic acids is 1. The molecule has 7 nitrogen and oxygen atoms in total. The van der Waals surface area contributed by atoms with Crippen LogP contribution in [0, 0.1) is 0 Å². The Kier molecular flexibility index (Phi) is 8.56. The van der Waals surface area contributed by atoms with Gasteiger partial charge in [0.15, 0.2) is 0 Å². The SMILES string of the molecule is CCC[C@H](CC(=O)O)NC(=O)C(CC(F)F)NC(=O)OCC1c2ccccc2-c2ccccc21. The molecular formula is C25H28F2N2O5. The van der Waals surface area contributed by atoms with E-state index in [-0.39, 0.29) is 18.9 Å². The van der Waals surface area contributed by atoms with Crippen molar-refractivity contribution >= 4 is 18.0 Å². The van der Waals surface area contributed by atoms with Gasteiger partial charge in [-0.15, -0.1) is 0 Å². The van der Waals surface area contributed by atoms with Crippen LogP contribution in [-0.2, 0) is 14.3 Å². The number of hydrogen-bond donors (Lipinski definition) is 3. The molecule has 3 rings (SSSR count). The number of amides is 2. The molecule has 0 fully saturated rings. The van der Waals surface area contributed by atoms with Gasteiger partial charge in [-0.05, 0) is 28.7 Å². The van der Waals surface area contributed by atoms with Crippen molar-refractivity contribution in [1.29, 1.82) is 0 Å². The largest absolute Gasteiger partial charge is 0.481 e. The molecule has 9 heteroatoms. The summed E-state index contributed by atoms with van der Waals surface area (Å²) in [4.78, 5) is 36.0. The Morgan fingerprint density at radius 2 is 1.59 bits per heavy atom. The number of carboxylic acids is 1. The maximum absolute atomic E-state index is 13.1. The molecule has 0 spiro atoms. The fraction of sp³-hybridized carbons (Fsp3) is 0.400. The molecule has 0 aliphatic heterocycles. The van der Waals surface area contributed by atoms with Crippen LogP contribution in [0.4, 0.5) is 13.6 Å². The third-order valence-corrected chi connectivity index (χ3v) is 5.77. The number of benzene rings is 2. The molecule has 2 aromatic carbocycles. The van der Waals surface area contributed by atoms with Gasteiger partial charge in [0, 0.05) is 18.4 Å². The number of fused-ring (bicyclic) bond motifs is 3. The summed E-state index contributed by atoms with van der Waals surface area (Å²) in [7, 11) is 0. The summed E-state index contributed by atoms with van der Waals surface area (Å²) in [5, 5.41) is 13.7. The molecular weight excluding hydrogens is 446 g/mol. The molecule has 0 saturated heterocycles. The minimum absolute atomic E-state index is 0.0274. The highest BCUT2D eigenvalue weighted by Crippen LogP contribution is 2.44. The number of alkyl carbamates (subject to hydrolysis) is 1. The summed E-state index contributed by atoms with van der Waals surface area (Å²) in [6, 6.07) is 13.2. The highest BCUT2D eigenvalue weighted by Gasteiger charge is 2.31.